The highest BCUT2D eigenvalue weighted by molar-refractivity contribution is 8.15. The van der Waals surface area contributed by atoms with Crippen molar-refractivity contribution in [1.82, 2.24) is 5.32 Å². The fraction of sp³-hybridized carbons (Fsp3) is 0.176. The molecule has 1 unspecified atom stereocenters. The number of aryl methyl sites for hydroxylation is 1. The van der Waals surface area contributed by atoms with Crippen LogP contribution in [-0.4, -0.2) is 28.4 Å². The highest BCUT2D eigenvalue weighted by atomic mass is 35.5. The Morgan fingerprint density at radius 2 is 2.19 bits per heavy atom. The summed E-state index contributed by atoms with van der Waals surface area (Å²) >= 11 is 13.0. The van der Waals surface area contributed by atoms with Crippen LogP contribution in [0.4, 0.5) is 5.69 Å². The summed E-state index contributed by atoms with van der Waals surface area (Å²) in [5, 5.41) is 13.6. The van der Waals surface area contributed by atoms with Gasteiger partial charge in [0.15, 0.2) is 5.17 Å². The molecule has 0 spiro atoms. The molecule has 1 aliphatic rings. The number of benzene rings is 1. The Hall–Kier alpha value is -2.29. The third kappa shape index (κ3) is 5.35. The molecule has 0 saturated carbocycles. The summed E-state index contributed by atoms with van der Waals surface area (Å²) in [7, 11) is 0. The van der Waals surface area contributed by atoms with Gasteiger partial charge in [0.25, 0.3) is 0 Å². The molecule has 0 bridgehead atoms. The summed E-state index contributed by atoms with van der Waals surface area (Å²) in [6.07, 6.45) is 1.41. The van der Waals surface area contributed by atoms with E-state index in [0.29, 0.717) is 26.7 Å². The summed E-state index contributed by atoms with van der Waals surface area (Å²) in [6.45, 7) is 1.82. The van der Waals surface area contributed by atoms with Gasteiger partial charge in [-0.25, -0.2) is 0 Å². The molecule has 10 heteroatoms. The number of rotatable bonds is 5. The van der Waals surface area contributed by atoms with E-state index in [4.69, 9.17) is 27.6 Å². The van der Waals surface area contributed by atoms with Gasteiger partial charge in [-0.05, 0) is 37.3 Å². The maximum atomic E-state index is 12.2. The number of hydrogen-bond donors (Lipinski definition) is 2. The first-order valence-corrected chi connectivity index (χ1v) is 9.44. The van der Waals surface area contributed by atoms with E-state index in [1.165, 1.54) is 12.3 Å². The van der Waals surface area contributed by atoms with Crippen LogP contribution in [0.15, 0.2) is 45.0 Å². The van der Waals surface area contributed by atoms with Crippen molar-refractivity contribution >= 4 is 63.8 Å². The van der Waals surface area contributed by atoms with Gasteiger partial charge in [0, 0.05) is 11.4 Å². The molecule has 2 aromatic rings. The molecule has 0 aliphatic carbocycles. The number of hydrogen-bond acceptors (Lipinski definition) is 6. The zero-order valence-corrected chi connectivity index (χ0v) is 16.4. The lowest BCUT2D eigenvalue weighted by molar-refractivity contribution is -0.122. The molecule has 1 aromatic carbocycles. The lowest BCUT2D eigenvalue weighted by Gasteiger charge is -2.09. The molecular weight excluding hydrogens is 411 g/mol. The second-order valence-electron chi connectivity index (χ2n) is 5.57. The van der Waals surface area contributed by atoms with E-state index in [2.05, 4.69) is 20.8 Å². The molecule has 1 fully saturated rings. The highest BCUT2D eigenvalue weighted by Crippen LogP contribution is 2.27. The zero-order valence-electron chi connectivity index (χ0n) is 14.0. The first kappa shape index (κ1) is 19.5. The fourth-order valence-corrected chi connectivity index (χ4v) is 3.59. The fourth-order valence-electron chi connectivity index (χ4n) is 2.21. The predicted molar refractivity (Wildman–Crippen MR) is 108 cm³/mol. The van der Waals surface area contributed by atoms with Crippen molar-refractivity contribution < 1.29 is 14.0 Å². The van der Waals surface area contributed by atoms with Gasteiger partial charge in [-0.3, -0.25) is 9.59 Å². The van der Waals surface area contributed by atoms with E-state index < -0.39 is 5.25 Å². The van der Waals surface area contributed by atoms with E-state index in [9.17, 15) is 9.59 Å². The van der Waals surface area contributed by atoms with E-state index in [1.807, 2.05) is 13.0 Å². The van der Waals surface area contributed by atoms with Crippen molar-refractivity contribution in [1.29, 1.82) is 0 Å². The summed E-state index contributed by atoms with van der Waals surface area (Å²) in [6, 6.07) is 8.31. The molecule has 2 heterocycles. The molecule has 0 radical (unpaired) electrons. The normalized spacial score (nSPS) is 18.3. The molecule has 1 aliphatic heterocycles. The topological polar surface area (TPSA) is 96.1 Å². The number of nitrogens with zero attached hydrogens (tertiary/aromatic N) is 2. The molecule has 27 heavy (non-hydrogen) atoms. The Bertz CT molecular complexity index is 942. The van der Waals surface area contributed by atoms with Gasteiger partial charge in [-0.15, -0.1) is 5.10 Å². The summed E-state index contributed by atoms with van der Waals surface area (Å²) in [4.78, 5) is 24.2. The van der Waals surface area contributed by atoms with Gasteiger partial charge in [0.2, 0.25) is 11.8 Å². The van der Waals surface area contributed by atoms with Gasteiger partial charge >= 0.3 is 0 Å². The highest BCUT2D eigenvalue weighted by Gasteiger charge is 2.32. The molecule has 3 rings (SSSR count). The summed E-state index contributed by atoms with van der Waals surface area (Å²) in [5.41, 5.74) is 0.432. The maximum Gasteiger partial charge on any atom is 0.240 e. The van der Waals surface area contributed by atoms with Crippen molar-refractivity contribution in [2.24, 2.45) is 10.2 Å². The van der Waals surface area contributed by atoms with Crippen LogP contribution in [0, 0.1) is 6.92 Å². The first-order valence-electron chi connectivity index (χ1n) is 7.80. The maximum absolute atomic E-state index is 12.2. The second-order valence-corrected chi connectivity index (χ2v) is 7.61. The smallest absolute Gasteiger partial charge is 0.240 e. The Morgan fingerprint density at radius 1 is 1.37 bits per heavy atom. The Morgan fingerprint density at radius 3 is 2.89 bits per heavy atom. The van der Waals surface area contributed by atoms with Crippen LogP contribution >= 0.6 is 35.0 Å². The number of carbonyl (C=O) groups excluding carboxylic acids is 2. The van der Waals surface area contributed by atoms with Crippen LogP contribution in [-0.2, 0) is 9.59 Å². The number of carbonyl (C=O) groups is 2. The quantitative estimate of drug-likeness (QED) is 0.562. The third-order valence-electron chi connectivity index (χ3n) is 3.45. The average Bonchev–Trinajstić information content (AvgIpc) is 3.16. The molecule has 2 N–H and O–H groups in total. The first-order chi connectivity index (χ1) is 12.9. The van der Waals surface area contributed by atoms with Crippen molar-refractivity contribution in [2.75, 3.05) is 5.32 Å². The molecule has 1 saturated heterocycles. The Kier molecular flexibility index (Phi) is 6.20. The molecule has 1 atom stereocenters. The lowest BCUT2D eigenvalue weighted by Crippen LogP contribution is -2.28. The number of halogens is 2. The SMILES string of the molecule is Cc1ccc(/C=N\N=C2/NC(=O)C(CC(=O)Nc3ccc(Cl)cc3Cl)S2)o1. The van der Waals surface area contributed by atoms with Gasteiger partial charge in [-0.1, -0.05) is 35.0 Å². The number of amides is 2. The van der Waals surface area contributed by atoms with Gasteiger partial charge in [-0.2, -0.15) is 5.10 Å². The third-order valence-corrected chi connectivity index (χ3v) is 5.07. The van der Waals surface area contributed by atoms with E-state index in [1.54, 1.807) is 18.2 Å². The van der Waals surface area contributed by atoms with E-state index in [-0.39, 0.29) is 18.2 Å². The average molecular weight is 425 g/mol. The van der Waals surface area contributed by atoms with Crippen LogP contribution in [0.5, 0.6) is 0 Å². The lowest BCUT2D eigenvalue weighted by atomic mass is 10.2. The second kappa shape index (κ2) is 8.60. The van der Waals surface area contributed by atoms with E-state index in [0.717, 1.165) is 17.5 Å². The largest absolute Gasteiger partial charge is 0.460 e. The minimum Gasteiger partial charge on any atom is -0.460 e. The van der Waals surface area contributed by atoms with Crippen LogP contribution in [0.1, 0.15) is 17.9 Å². The number of thioether (sulfide) groups is 1. The number of amidine groups is 1. The monoisotopic (exact) mass is 424 g/mol. The van der Waals surface area contributed by atoms with Crippen LogP contribution in [0.3, 0.4) is 0 Å². The minimum absolute atomic E-state index is 0.0322. The Labute approximate surface area is 169 Å². The summed E-state index contributed by atoms with van der Waals surface area (Å²) in [5.74, 6) is 0.671. The van der Waals surface area contributed by atoms with Crippen LogP contribution < -0.4 is 10.6 Å². The van der Waals surface area contributed by atoms with Gasteiger partial charge in [0.05, 0.1) is 16.9 Å². The summed E-state index contributed by atoms with van der Waals surface area (Å²) < 4.78 is 5.33. The minimum atomic E-state index is -0.601. The molecule has 140 valence electrons. The Balaban J connectivity index is 1.56. The molecule has 2 amide bonds. The van der Waals surface area contributed by atoms with Crippen LogP contribution in [0.2, 0.25) is 10.0 Å². The van der Waals surface area contributed by atoms with Crippen molar-refractivity contribution in [3.05, 3.63) is 51.9 Å². The molecule has 1 aromatic heterocycles. The number of anilines is 1. The number of furan rings is 1. The van der Waals surface area contributed by atoms with Gasteiger partial charge < -0.3 is 15.1 Å². The van der Waals surface area contributed by atoms with Crippen molar-refractivity contribution in [2.45, 2.75) is 18.6 Å². The van der Waals surface area contributed by atoms with Crippen molar-refractivity contribution in [3.8, 4) is 0 Å². The zero-order chi connectivity index (χ0) is 19.4. The van der Waals surface area contributed by atoms with Crippen LogP contribution in [0.25, 0.3) is 0 Å². The molecular formula is C17H14Cl2N4O3S. The number of nitrogens with one attached hydrogen (secondary N) is 2. The van der Waals surface area contributed by atoms with E-state index >= 15 is 0 Å². The van der Waals surface area contributed by atoms with Gasteiger partial charge in [0.1, 0.15) is 16.8 Å². The standard InChI is InChI=1S/C17H14Cl2N4O3S/c1-9-2-4-11(26-9)8-20-23-17-22-16(25)14(27-17)7-15(24)21-13-5-3-10(18)6-12(13)19/h2-6,8,14H,7H2,1H3,(H,21,24)(H,22,23,25)/b20-8-. The van der Waals surface area contributed by atoms with Crippen molar-refractivity contribution in [3.63, 3.8) is 0 Å². The molecule has 7 nitrogen and oxygen atoms in total. The predicted octanol–water partition coefficient (Wildman–Crippen LogP) is 3.85.